The van der Waals surface area contributed by atoms with Crippen LogP contribution in [0.4, 0.5) is 0 Å². The van der Waals surface area contributed by atoms with Gasteiger partial charge in [0.2, 0.25) is 0 Å². The fourth-order valence-corrected chi connectivity index (χ4v) is 3.29. The van der Waals surface area contributed by atoms with Gasteiger partial charge in [-0.2, -0.15) is 5.10 Å². The van der Waals surface area contributed by atoms with Gasteiger partial charge < -0.3 is 5.32 Å². The molecule has 0 bridgehead atoms. The highest BCUT2D eigenvalue weighted by atomic mass is 16.1. The van der Waals surface area contributed by atoms with Crippen LogP contribution in [-0.4, -0.2) is 32.4 Å². The number of aromatic nitrogens is 4. The van der Waals surface area contributed by atoms with Crippen molar-refractivity contribution in [1.29, 1.82) is 0 Å². The van der Waals surface area contributed by atoms with Gasteiger partial charge in [-0.05, 0) is 38.3 Å². The molecule has 116 valence electrons. The van der Waals surface area contributed by atoms with E-state index in [0.29, 0.717) is 12.6 Å². The summed E-state index contributed by atoms with van der Waals surface area (Å²) in [6, 6.07) is 2.52. The van der Waals surface area contributed by atoms with Crippen LogP contribution in [0.25, 0.3) is 0 Å². The van der Waals surface area contributed by atoms with Gasteiger partial charge >= 0.3 is 0 Å². The summed E-state index contributed by atoms with van der Waals surface area (Å²) >= 11 is 0. The van der Waals surface area contributed by atoms with Crippen molar-refractivity contribution in [3.63, 3.8) is 0 Å². The van der Waals surface area contributed by atoms with E-state index in [1.165, 1.54) is 19.3 Å². The first-order valence-electron chi connectivity index (χ1n) is 8.13. The number of rotatable bonds is 3. The lowest BCUT2D eigenvalue weighted by Crippen LogP contribution is -2.29. The minimum absolute atomic E-state index is 0.107. The number of nitrogens with one attached hydrogen (secondary N) is 1. The highest BCUT2D eigenvalue weighted by molar-refractivity contribution is 5.20. The second-order valence-corrected chi connectivity index (χ2v) is 6.20. The summed E-state index contributed by atoms with van der Waals surface area (Å²) in [6.07, 6.45) is 8.80. The highest BCUT2D eigenvalue weighted by Crippen LogP contribution is 2.31. The van der Waals surface area contributed by atoms with Crippen molar-refractivity contribution < 1.29 is 0 Å². The Balaban J connectivity index is 1.65. The summed E-state index contributed by atoms with van der Waals surface area (Å²) in [7, 11) is 0. The van der Waals surface area contributed by atoms with Gasteiger partial charge in [-0.3, -0.25) is 14.0 Å². The molecule has 1 saturated carbocycles. The van der Waals surface area contributed by atoms with Gasteiger partial charge in [0.15, 0.2) is 0 Å². The molecule has 3 heterocycles. The topological polar surface area (TPSA) is 64.7 Å². The van der Waals surface area contributed by atoms with Crippen LogP contribution in [0.1, 0.15) is 42.3 Å². The fourth-order valence-electron chi connectivity index (χ4n) is 3.29. The first-order chi connectivity index (χ1) is 10.8. The first-order valence-corrected chi connectivity index (χ1v) is 8.13. The highest BCUT2D eigenvalue weighted by Gasteiger charge is 2.22. The zero-order valence-electron chi connectivity index (χ0n) is 12.7. The summed E-state index contributed by atoms with van der Waals surface area (Å²) in [5.41, 5.74) is 3.04. The van der Waals surface area contributed by atoms with Crippen LogP contribution < -0.4 is 10.9 Å². The standard InChI is InChI=1S/C16H21N5O/c22-16-14-5-7-17-8-6-15(14)18-11-20(16)10-13-4-9-19-21(13)12-2-1-3-12/h4,9,11-12,17H,1-3,5-8,10H2. The molecule has 1 fully saturated rings. The SMILES string of the molecule is O=c1c2c(ncn1Cc1ccnn1C1CCC1)CCNCC2. The predicted octanol–water partition coefficient (Wildman–Crippen LogP) is 0.901. The third-order valence-electron chi connectivity index (χ3n) is 4.82. The zero-order chi connectivity index (χ0) is 14.9. The van der Waals surface area contributed by atoms with E-state index in [-0.39, 0.29) is 5.56 Å². The average Bonchev–Trinajstić information content (AvgIpc) is 2.76. The van der Waals surface area contributed by atoms with Gasteiger partial charge in [0.25, 0.3) is 5.56 Å². The molecule has 2 aromatic rings. The van der Waals surface area contributed by atoms with E-state index >= 15 is 0 Å². The van der Waals surface area contributed by atoms with E-state index in [4.69, 9.17) is 0 Å². The van der Waals surface area contributed by atoms with Crippen molar-refractivity contribution >= 4 is 0 Å². The van der Waals surface area contributed by atoms with E-state index in [0.717, 1.165) is 42.9 Å². The summed E-state index contributed by atoms with van der Waals surface area (Å²) < 4.78 is 3.82. The Labute approximate surface area is 129 Å². The van der Waals surface area contributed by atoms with Crippen LogP contribution >= 0.6 is 0 Å². The number of hydrogen-bond donors (Lipinski definition) is 1. The van der Waals surface area contributed by atoms with Gasteiger partial charge in [0.05, 0.1) is 30.3 Å². The van der Waals surface area contributed by atoms with Gasteiger partial charge in [-0.1, -0.05) is 0 Å². The Hall–Kier alpha value is -1.95. The molecule has 0 unspecified atom stereocenters. The van der Waals surface area contributed by atoms with E-state index in [2.05, 4.69) is 20.1 Å². The summed E-state index contributed by atoms with van der Waals surface area (Å²) in [4.78, 5) is 17.2. The van der Waals surface area contributed by atoms with Crippen molar-refractivity contribution in [2.24, 2.45) is 0 Å². The van der Waals surface area contributed by atoms with E-state index in [9.17, 15) is 4.79 Å². The average molecular weight is 299 g/mol. The molecule has 22 heavy (non-hydrogen) atoms. The smallest absolute Gasteiger partial charge is 0.257 e. The second-order valence-electron chi connectivity index (χ2n) is 6.20. The molecule has 0 amide bonds. The Bertz CT molecular complexity index is 728. The fraction of sp³-hybridized carbons (Fsp3) is 0.562. The third kappa shape index (κ3) is 2.37. The van der Waals surface area contributed by atoms with E-state index < -0.39 is 0 Å². The minimum Gasteiger partial charge on any atom is -0.316 e. The molecule has 1 N–H and O–H groups in total. The Morgan fingerprint density at radius 3 is 2.95 bits per heavy atom. The van der Waals surface area contributed by atoms with E-state index in [1.54, 1.807) is 10.9 Å². The molecule has 0 aromatic carbocycles. The Kier molecular flexibility index (Phi) is 3.54. The van der Waals surface area contributed by atoms with Crippen LogP contribution in [0.2, 0.25) is 0 Å². The normalized spacial score (nSPS) is 18.5. The maximum absolute atomic E-state index is 12.7. The van der Waals surface area contributed by atoms with Crippen LogP contribution in [0, 0.1) is 0 Å². The van der Waals surface area contributed by atoms with Crippen molar-refractivity contribution in [2.45, 2.75) is 44.7 Å². The van der Waals surface area contributed by atoms with Crippen LogP contribution in [0.3, 0.4) is 0 Å². The van der Waals surface area contributed by atoms with Crippen LogP contribution in [-0.2, 0) is 19.4 Å². The number of nitrogens with zero attached hydrogens (tertiary/aromatic N) is 4. The predicted molar refractivity (Wildman–Crippen MR) is 83.0 cm³/mol. The minimum atomic E-state index is 0.107. The molecular formula is C16H21N5O. The second kappa shape index (κ2) is 5.68. The van der Waals surface area contributed by atoms with Crippen LogP contribution in [0.15, 0.2) is 23.4 Å². The van der Waals surface area contributed by atoms with Gasteiger partial charge in [-0.25, -0.2) is 4.98 Å². The summed E-state index contributed by atoms with van der Waals surface area (Å²) in [6.45, 7) is 2.31. The molecule has 2 aliphatic rings. The van der Waals surface area contributed by atoms with Crippen molar-refractivity contribution in [3.05, 3.63) is 45.9 Å². The number of hydrogen-bond acceptors (Lipinski definition) is 4. The van der Waals surface area contributed by atoms with E-state index in [1.807, 2.05) is 12.3 Å². The zero-order valence-corrected chi connectivity index (χ0v) is 12.7. The van der Waals surface area contributed by atoms with Crippen molar-refractivity contribution in [1.82, 2.24) is 24.6 Å². The maximum Gasteiger partial charge on any atom is 0.257 e. The third-order valence-corrected chi connectivity index (χ3v) is 4.82. The molecular weight excluding hydrogens is 278 g/mol. The van der Waals surface area contributed by atoms with Crippen molar-refractivity contribution in [2.75, 3.05) is 13.1 Å². The summed E-state index contributed by atoms with van der Waals surface area (Å²) in [5.74, 6) is 0. The van der Waals surface area contributed by atoms with Gasteiger partial charge in [0, 0.05) is 24.7 Å². The van der Waals surface area contributed by atoms with Crippen LogP contribution in [0.5, 0.6) is 0 Å². The molecule has 0 radical (unpaired) electrons. The lowest BCUT2D eigenvalue weighted by atomic mass is 9.93. The quantitative estimate of drug-likeness (QED) is 0.914. The number of fused-ring (bicyclic) bond motifs is 1. The Morgan fingerprint density at radius 1 is 1.27 bits per heavy atom. The molecule has 0 saturated heterocycles. The van der Waals surface area contributed by atoms with Gasteiger partial charge in [-0.15, -0.1) is 0 Å². The molecule has 4 rings (SSSR count). The molecule has 0 spiro atoms. The molecule has 0 atom stereocenters. The molecule has 1 aliphatic carbocycles. The molecule has 2 aromatic heterocycles. The molecule has 1 aliphatic heterocycles. The largest absolute Gasteiger partial charge is 0.316 e. The monoisotopic (exact) mass is 299 g/mol. The van der Waals surface area contributed by atoms with Gasteiger partial charge in [0.1, 0.15) is 0 Å². The van der Waals surface area contributed by atoms with Crippen molar-refractivity contribution in [3.8, 4) is 0 Å². The first kappa shape index (κ1) is 13.7. The Morgan fingerprint density at radius 2 is 2.14 bits per heavy atom. The lowest BCUT2D eigenvalue weighted by molar-refractivity contribution is 0.281. The molecule has 6 nitrogen and oxygen atoms in total. The maximum atomic E-state index is 12.7. The lowest BCUT2D eigenvalue weighted by Gasteiger charge is -2.27. The summed E-state index contributed by atoms with van der Waals surface area (Å²) in [5, 5.41) is 7.76. The molecule has 6 heteroatoms.